The van der Waals surface area contributed by atoms with Gasteiger partial charge in [0.1, 0.15) is 0 Å². The van der Waals surface area contributed by atoms with Crippen LogP contribution in [0.4, 0.5) is 0 Å². The number of amides is 1. The second-order valence-corrected chi connectivity index (χ2v) is 5.72. The zero-order valence-corrected chi connectivity index (χ0v) is 14.7. The van der Waals surface area contributed by atoms with E-state index in [0.29, 0.717) is 28.6 Å². The average molecular weight is 370 g/mol. The van der Waals surface area contributed by atoms with Gasteiger partial charge in [-0.2, -0.15) is 0 Å². The van der Waals surface area contributed by atoms with Crippen molar-refractivity contribution in [2.24, 2.45) is 5.73 Å². The molecule has 0 aromatic heterocycles. The highest BCUT2D eigenvalue weighted by Crippen LogP contribution is 2.29. The summed E-state index contributed by atoms with van der Waals surface area (Å²) in [6, 6.07) is 5.03. The Labute approximate surface area is 147 Å². The van der Waals surface area contributed by atoms with Gasteiger partial charge in [-0.3, -0.25) is 4.79 Å². The van der Waals surface area contributed by atoms with Gasteiger partial charge in [-0.25, -0.2) is 0 Å². The van der Waals surface area contributed by atoms with Gasteiger partial charge < -0.3 is 16.2 Å². The fourth-order valence-corrected chi connectivity index (χ4v) is 2.66. The normalized spacial score (nSPS) is 11.6. The summed E-state index contributed by atoms with van der Waals surface area (Å²) in [7, 11) is 0. The molecule has 0 fully saturated rings. The molecule has 1 unspecified atom stereocenters. The molecule has 1 aromatic rings. The second kappa shape index (κ2) is 12.0. The number of aliphatic hydroxyl groups is 1. The summed E-state index contributed by atoms with van der Waals surface area (Å²) in [4.78, 5) is 11.7. The molecule has 22 heavy (non-hydrogen) atoms. The summed E-state index contributed by atoms with van der Waals surface area (Å²) in [6.07, 6.45) is 3.39. The summed E-state index contributed by atoms with van der Waals surface area (Å²) < 4.78 is 0. The van der Waals surface area contributed by atoms with Crippen molar-refractivity contribution >= 4 is 41.5 Å². The lowest BCUT2D eigenvalue weighted by Gasteiger charge is -2.15. The molecule has 7 heteroatoms. The van der Waals surface area contributed by atoms with Crippen LogP contribution in [0.25, 0.3) is 0 Å². The van der Waals surface area contributed by atoms with E-state index >= 15 is 0 Å². The van der Waals surface area contributed by atoms with Gasteiger partial charge in [0.05, 0.1) is 6.10 Å². The SMILES string of the molecule is Cl.NCCCCCCC(=O)NCC(O)c1c(Cl)cccc1Cl. The standard InChI is InChI=1S/C15H22Cl2N2O2.ClH/c16-11-6-5-7-12(17)15(11)13(20)10-19-14(21)8-3-1-2-4-9-18;/h5-7,13,20H,1-4,8-10,18H2,(H,19,21);1H. The van der Waals surface area contributed by atoms with Gasteiger partial charge >= 0.3 is 0 Å². The smallest absolute Gasteiger partial charge is 0.220 e. The van der Waals surface area contributed by atoms with E-state index in [-0.39, 0.29) is 24.9 Å². The highest BCUT2D eigenvalue weighted by Gasteiger charge is 2.16. The number of carbonyl (C=O) groups is 1. The lowest BCUT2D eigenvalue weighted by Crippen LogP contribution is -2.28. The summed E-state index contributed by atoms with van der Waals surface area (Å²) in [5, 5.41) is 13.6. The molecule has 1 rings (SSSR count). The number of hydrogen-bond donors (Lipinski definition) is 3. The number of benzene rings is 1. The molecule has 0 aliphatic carbocycles. The molecule has 1 amide bonds. The largest absolute Gasteiger partial charge is 0.386 e. The van der Waals surface area contributed by atoms with E-state index in [4.69, 9.17) is 28.9 Å². The van der Waals surface area contributed by atoms with Gasteiger partial charge in [0.2, 0.25) is 5.91 Å². The number of carbonyl (C=O) groups excluding carboxylic acids is 1. The van der Waals surface area contributed by atoms with Crippen molar-refractivity contribution in [1.82, 2.24) is 5.32 Å². The molecule has 0 bridgehead atoms. The van der Waals surface area contributed by atoms with Crippen LogP contribution in [0, 0.1) is 0 Å². The molecule has 1 aromatic carbocycles. The van der Waals surface area contributed by atoms with Crippen LogP contribution in [0.3, 0.4) is 0 Å². The maximum absolute atomic E-state index is 11.7. The number of nitrogens with one attached hydrogen (secondary N) is 1. The summed E-state index contributed by atoms with van der Waals surface area (Å²) >= 11 is 12.0. The number of rotatable bonds is 9. The van der Waals surface area contributed by atoms with E-state index in [1.807, 2.05) is 0 Å². The number of unbranched alkanes of at least 4 members (excludes halogenated alkanes) is 3. The Morgan fingerprint density at radius 1 is 1.18 bits per heavy atom. The topological polar surface area (TPSA) is 75.4 Å². The maximum Gasteiger partial charge on any atom is 0.220 e. The first-order valence-electron chi connectivity index (χ1n) is 7.15. The van der Waals surface area contributed by atoms with Crippen LogP contribution in [-0.2, 0) is 4.79 Å². The Morgan fingerprint density at radius 2 is 1.77 bits per heavy atom. The number of hydrogen-bond acceptors (Lipinski definition) is 3. The van der Waals surface area contributed by atoms with Crippen LogP contribution in [0.1, 0.15) is 43.8 Å². The molecular weight excluding hydrogens is 347 g/mol. The minimum absolute atomic E-state index is 0. The third-order valence-corrected chi connectivity index (χ3v) is 3.84. The number of aliphatic hydroxyl groups excluding tert-OH is 1. The van der Waals surface area contributed by atoms with Crippen molar-refractivity contribution in [3.05, 3.63) is 33.8 Å². The zero-order chi connectivity index (χ0) is 15.7. The molecule has 0 spiro atoms. The molecule has 0 saturated heterocycles. The van der Waals surface area contributed by atoms with E-state index in [2.05, 4.69) is 5.32 Å². The number of halogens is 3. The Kier molecular flexibility index (Phi) is 11.7. The van der Waals surface area contributed by atoms with E-state index in [1.165, 1.54) is 0 Å². The molecule has 0 heterocycles. The lowest BCUT2D eigenvalue weighted by molar-refractivity contribution is -0.121. The molecule has 0 aliphatic heterocycles. The van der Waals surface area contributed by atoms with Crippen molar-refractivity contribution < 1.29 is 9.90 Å². The Hall–Kier alpha value is -0.520. The van der Waals surface area contributed by atoms with Crippen LogP contribution < -0.4 is 11.1 Å². The van der Waals surface area contributed by atoms with Crippen LogP contribution in [-0.4, -0.2) is 24.1 Å². The van der Waals surface area contributed by atoms with Crippen LogP contribution in [0.5, 0.6) is 0 Å². The van der Waals surface area contributed by atoms with Crippen molar-refractivity contribution in [3.8, 4) is 0 Å². The summed E-state index contributed by atoms with van der Waals surface area (Å²) in [6.45, 7) is 0.794. The van der Waals surface area contributed by atoms with E-state index in [9.17, 15) is 9.90 Å². The summed E-state index contributed by atoms with van der Waals surface area (Å²) in [5.74, 6) is -0.0787. The molecule has 0 radical (unpaired) electrons. The number of nitrogens with two attached hydrogens (primary N) is 1. The minimum atomic E-state index is -0.910. The third kappa shape index (κ3) is 7.65. The van der Waals surface area contributed by atoms with E-state index < -0.39 is 6.10 Å². The van der Waals surface area contributed by atoms with Gasteiger partial charge in [-0.05, 0) is 31.5 Å². The Balaban J connectivity index is 0.00000441. The van der Waals surface area contributed by atoms with Gasteiger partial charge in [0.25, 0.3) is 0 Å². The highest BCUT2D eigenvalue weighted by atomic mass is 35.5. The van der Waals surface area contributed by atoms with Gasteiger partial charge in [-0.15, -0.1) is 12.4 Å². The third-order valence-electron chi connectivity index (χ3n) is 3.18. The molecular formula is C15H23Cl3N2O2. The first-order chi connectivity index (χ1) is 10.1. The maximum atomic E-state index is 11.7. The fraction of sp³-hybridized carbons (Fsp3) is 0.533. The molecule has 1 atom stereocenters. The Bertz CT molecular complexity index is 438. The quantitative estimate of drug-likeness (QED) is 0.583. The molecule has 0 aliphatic rings. The van der Waals surface area contributed by atoms with Crippen molar-refractivity contribution in [2.75, 3.05) is 13.1 Å². The molecule has 0 saturated carbocycles. The van der Waals surface area contributed by atoms with Crippen molar-refractivity contribution in [1.29, 1.82) is 0 Å². The van der Waals surface area contributed by atoms with E-state index in [1.54, 1.807) is 18.2 Å². The second-order valence-electron chi connectivity index (χ2n) is 4.91. The molecule has 4 nitrogen and oxygen atoms in total. The van der Waals surface area contributed by atoms with Crippen molar-refractivity contribution in [3.63, 3.8) is 0 Å². The van der Waals surface area contributed by atoms with Gasteiger partial charge in [0, 0.05) is 28.6 Å². The Morgan fingerprint density at radius 3 is 2.36 bits per heavy atom. The van der Waals surface area contributed by atoms with Crippen LogP contribution in [0.2, 0.25) is 10.0 Å². The predicted molar refractivity (Wildman–Crippen MR) is 93.8 cm³/mol. The average Bonchev–Trinajstić information content (AvgIpc) is 2.44. The highest BCUT2D eigenvalue weighted by molar-refractivity contribution is 6.36. The summed E-state index contributed by atoms with van der Waals surface area (Å²) in [5.41, 5.74) is 5.85. The van der Waals surface area contributed by atoms with E-state index in [0.717, 1.165) is 25.7 Å². The van der Waals surface area contributed by atoms with Gasteiger partial charge in [-0.1, -0.05) is 42.1 Å². The minimum Gasteiger partial charge on any atom is -0.386 e. The monoisotopic (exact) mass is 368 g/mol. The predicted octanol–water partition coefficient (Wildman–Crippen LogP) is 3.47. The molecule has 126 valence electrons. The first kappa shape index (κ1) is 21.5. The van der Waals surface area contributed by atoms with Crippen LogP contribution in [0.15, 0.2) is 18.2 Å². The lowest BCUT2D eigenvalue weighted by atomic mass is 10.1. The van der Waals surface area contributed by atoms with Crippen molar-refractivity contribution in [2.45, 2.75) is 38.2 Å². The first-order valence-corrected chi connectivity index (χ1v) is 7.90. The van der Waals surface area contributed by atoms with Crippen LogP contribution >= 0.6 is 35.6 Å². The molecule has 4 N–H and O–H groups in total. The fourth-order valence-electron chi connectivity index (χ4n) is 2.01. The van der Waals surface area contributed by atoms with Gasteiger partial charge in [0.15, 0.2) is 0 Å². The zero-order valence-electron chi connectivity index (χ0n) is 12.4.